The van der Waals surface area contributed by atoms with Crippen LogP contribution < -0.4 is 26.0 Å². The number of aromatic nitrogens is 2. The summed E-state index contributed by atoms with van der Waals surface area (Å²) in [6.45, 7) is 0.518. The van der Waals surface area contributed by atoms with Crippen molar-refractivity contribution in [1.29, 1.82) is 0 Å². The summed E-state index contributed by atoms with van der Waals surface area (Å²) in [6.07, 6.45) is 1.50. The molecule has 0 unspecified atom stereocenters. The number of methoxy groups -OCH3 is 2. The van der Waals surface area contributed by atoms with Crippen LogP contribution in [0.3, 0.4) is 0 Å². The highest BCUT2D eigenvalue weighted by Gasteiger charge is 2.21. The molecule has 1 N–H and O–H groups in total. The molecular weight excluding hydrogens is 414 g/mol. The predicted octanol–water partition coefficient (Wildman–Crippen LogP) is 2.00. The van der Waals surface area contributed by atoms with Crippen LogP contribution in [0.15, 0.2) is 52.1 Å². The fraction of sp³-hybridized carbons (Fsp3) is 0.348. The lowest BCUT2D eigenvalue weighted by Gasteiger charge is -2.17. The van der Waals surface area contributed by atoms with Crippen molar-refractivity contribution in [2.75, 3.05) is 26.1 Å². The minimum Gasteiger partial charge on any atom is -0.497 e. The van der Waals surface area contributed by atoms with E-state index in [0.717, 1.165) is 12.8 Å². The van der Waals surface area contributed by atoms with Gasteiger partial charge >= 0.3 is 5.69 Å². The van der Waals surface area contributed by atoms with E-state index in [0.29, 0.717) is 34.7 Å². The second-order valence-corrected chi connectivity index (χ2v) is 7.55. The van der Waals surface area contributed by atoms with Gasteiger partial charge in [-0.15, -0.1) is 0 Å². The molecule has 4 rings (SSSR count). The summed E-state index contributed by atoms with van der Waals surface area (Å²) >= 11 is 0. The molecule has 168 valence electrons. The lowest BCUT2D eigenvalue weighted by Crippen LogP contribution is -2.43. The molecule has 1 atom stereocenters. The molecule has 0 aliphatic carbocycles. The molecule has 9 heteroatoms. The van der Waals surface area contributed by atoms with Crippen LogP contribution in [0, 0.1) is 0 Å². The Morgan fingerprint density at radius 3 is 2.66 bits per heavy atom. The van der Waals surface area contributed by atoms with E-state index in [1.54, 1.807) is 42.5 Å². The Hall–Kier alpha value is -3.59. The SMILES string of the molecule is COc1ccc(NC(=O)Cn2c(=O)n(C[C@@H]3CCCO3)c(=O)c3ccccc32)c(OC)c1. The lowest BCUT2D eigenvalue weighted by atomic mass is 10.2. The molecule has 32 heavy (non-hydrogen) atoms. The highest BCUT2D eigenvalue weighted by Crippen LogP contribution is 2.29. The van der Waals surface area contributed by atoms with Gasteiger partial charge in [0.2, 0.25) is 5.91 Å². The number of benzene rings is 2. The predicted molar refractivity (Wildman–Crippen MR) is 120 cm³/mol. The Morgan fingerprint density at radius 1 is 1.12 bits per heavy atom. The lowest BCUT2D eigenvalue weighted by molar-refractivity contribution is -0.116. The zero-order chi connectivity index (χ0) is 22.7. The molecule has 1 fully saturated rings. The molecule has 2 aromatic carbocycles. The normalized spacial score (nSPS) is 15.6. The third-order valence-electron chi connectivity index (χ3n) is 5.53. The van der Waals surface area contributed by atoms with Crippen LogP contribution in [-0.2, 0) is 22.6 Å². The highest BCUT2D eigenvalue weighted by molar-refractivity contribution is 5.93. The molecule has 1 aromatic heterocycles. The fourth-order valence-corrected chi connectivity index (χ4v) is 3.91. The standard InChI is InChI=1S/C23H25N3O6/c1-30-15-9-10-18(20(12-15)31-2)24-21(27)14-25-19-8-4-3-7-17(19)22(28)26(23(25)29)13-16-6-5-11-32-16/h3-4,7-10,12,16H,5-6,11,13-14H2,1-2H3,(H,24,27)/t16-/m0/s1. The number of hydrogen-bond donors (Lipinski definition) is 1. The molecule has 1 amide bonds. The van der Waals surface area contributed by atoms with E-state index in [2.05, 4.69) is 5.32 Å². The molecule has 2 heterocycles. The second-order valence-electron chi connectivity index (χ2n) is 7.55. The molecule has 0 radical (unpaired) electrons. The minimum absolute atomic E-state index is 0.163. The van der Waals surface area contributed by atoms with Crippen molar-refractivity contribution in [2.24, 2.45) is 0 Å². The Labute approximate surface area is 184 Å². The van der Waals surface area contributed by atoms with Crippen LogP contribution in [0.25, 0.3) is 10.9 Å². The third kappa shape index (κ3) is 4.24. The monoisotopic (exact) mass is 439 g/mol. The Kier molecular flexibility index (Phi) is 6.27. The summed E-state index contributed by atoms with van der Waals surface area (Å²) < 4.78 is 18.6. The summed E-state index contributed by atoms with van der Waals surface area (Å²) in [6, 6.07) is 11.8. The van der Waals surface area contributed by atoms with Crippen molar-refractivity contribution >= 4 is 22.5 Å². The summed E-state index contributed by atoms with van der Waals surface area (Å²) in [4.78, 5) is 39.1. The van der Waals surface area contributed by atoms with Crippen LogP contribution in [0.5, 0.6) is 11.5 Å². The molecule has 0 spiro atoms. The number of fused-ring (bicyclic) bond motifs is 1. The van der Waals surface area contributed by atoms with E-state index in [4.69, 9.17) is 14.2 Å². The van der Waals surface area contributed by atoms with Gasteiger partial charge in [-0.2, -0.15) is 0 Å². The van der Waals surface area contributed by atoms with E-state index in [1.807, 2.05) is 0 Å². The number of rotatable bonds is 7. The van der Waals surface area contributed by atoms with E-state index < -0.39 is 11.6 Å². The molecule has 1 aliphatic rings. The Bertz CT molecular complexity index is 1260. The average molecular weight is 439 g/mol. The molecule has 0 bridgehead atoms. The fourth-order valence-electron chi connectivity index (χ4n) is 3.91. The molecule has 1 saturated heterocycles. The quantitative estimate of drug-likeness (QED) is 0.604. The van der Waals surface area contributed by atoms with Crippen molar-refractivity contribution in [1.82, 2.24) is 9.13 Å². The van der Waals surface area contributed by atoms with Gasteiger partial charge in [0.05, 0.1) is 43.5 Å². The first-order valence-corrected chi connectivity index (χ1v) is 10.4. The van der Waals surface area contributed by atoms with Gasteiger partial charge in [-0.25, -0.2) is 4.79 Å². The van der Waals surface area contributed by atoms with Gasteiger partial charge in [-0.3, -0.25) is 18.7 Å². The first kappa shape index (κ1) is 21.6. The maximum absolute atomic E-state index is 13.2. The molecule has 9 nitrogen and oxygen atoms in total. The zero-order valence-corrected chi connectivity index (χ0v) is 18.0. The number of para-hydroxylation sites is 1. The largest absolute Gasteiger partial charge is 0.497 e. The van der Waals surface area contributed by atoms with Gasteiger partial charge < -0.3 is 19.5 Å². The van der Waals surface area contributed by atoms with Crippen molar-refractivity contribution in [2.45, 2.75) is 32.0 Å². The Balaban J connectivity index is 1.68. The van der Waals surface area contributed by atoms with Crippen molar-refractivity contribution in [3.05, 3.63) is 63.3 Å². The van der Waals surface area contributed by atoms with Crippen LogP contribution in [0.2, 0.25) is 0 Å². The smallest absolute Gasteiger partial charge is 0.332 e. The zero-order valence-electron chi connectivity index (χ0n) is 18.0. The maximum atomic E-state index is 13.2. The van der Waals surface area contributed by atoms with Gasteiger partial charge in [-0.1, -0.05) is 12.1 Å². The van der Waals surface area contributed by atoms with Crippen LogP contribution in [-0.4, -0.2) is 42.0 Å². The molecule has 3 aromatic rings. The minimum atomic E-state index is -0.541. The van der Waals surface area contributed by atoms with Crippen molar-refractivity contribution in [3.63, 3.8) is 0 Å². The topological polar surface area (TPSA) is 101 Å². The first-order valence-electron chi connectivity index (χ1n) is 10.4. The number of amides is 1. The van der Waals surface area contributed by atoms with Gasteiger partial charge in [0.15, 0.2) is 0 Å². The molecule has 1 aliphatic heterocycles. The summed E-state index contributed by atoms with van der Waals surface area (Å²) in [5.74, 6) is 0.588. The summed E-state index contributed by atoms with van der Waals surface area (Å²) in [7, 11) is 3.03. The third-order valence-corrected chi connectivity index (χ3v) is 5.53. The summed E-state index contributed by atoms with van der Waals surface area (Å²) in [5, 5.41) is 3.14. The number of nitrogens with one attached hydrogen (secondary N) is 1. The number of carbonyl (C=O) groups is 1. The Morgan fingerprint density at radius 2 is 1.94 bits per heavy atom. The van der Waals surface area contributed by atoms with Crippen molar-refractivity contribution < 1.29 is 19.0 Å². The van der Waals surface area contributed by atoms with Gasteiger partial charge in [-0.05, 0) is 37.1 Å². The van der Waals surface area contributed by atoms with Gasteiger partial charge in [0.25, 0.3) is 5.56 Å². The van der Waals surface area contributed by atoms with Gasteiger partial charge in [0.1, 0.15) is 18.0 Å². The van der Waals surface area contributed by atoms with Crippen LogP contribution >= 0.6 is 0 Å². The van der Waals surface area contributed by atoms with E-state index in [9.17, 15) is 14.4 Å². The number of carbonyl (C=O) groups excluding carboxylic acids is 1. The van der Waals surface area contributed by atoms with E-state index in [1.165, 1.54) is 23.4 Å². The summed E-state index contributed by atoms with van der Waals surface area (Å²) in [5.41, 5.74) is -0.0677. The van der Waals surface area contributed by atoms with E-state index >= 15 is 0 Å². The number of ether oxygens (including phenoxy) is 3. The number of nitrogens with zero attached hydrogens (tertiary/aromatic N) is 2. The van der Waals surface area contributed by atoms with Gasteiger partial charge in [0, 0.05) is 12.7 Å². The molecular formula is C23H25N3O6. The molecule has 0 saturated carbocycles. The average Bonchev–Trinajstić information content (AvgIpc) is 3.33. The number of hydrogen-bond acceptors (Lipinski definition) is 6. The van der Waals surface area contributed by atoms with Crippen LogP contribution in [0.1, 0.15) is 12.8 Å². The first-order chi connectivity index (χ1) is 15.5. The highest BCUT2D eigenvalue weighted by atomic mass is 16.5. The van der Waals surface area contributed by atoms with Crippen LogP contribution in [0.4, 0.5) is 5.69 Å². The van der Waals surface area contributed by atoms with E-state index in [-0.39, 0.29) is 24.8 Å². The number of anilines is 1. The maximum Gasteiger partial charge on any atom is 0.332 e. The second kappa shape index (κ2) is 9.27. The van der Waals surface area contributed by atoms with Crippen molar-refractivity contribution in [3.8, 4) is 11.5 Å².